The van der Waals surface area contributed by atoms with Crippen molar-refractivity contribution in [1.82, 2.24) is 4.98 Å². The smallest absolute Gasteiger partial charge is 0.339 e. The zero-order chi connectivity index (χ0) is 18.1. The van der Waals surface area contributed by atoms with Crippen molar-refractivity contribution in [2.24, 2.45) is 0 Å². The van der Waals surface area contributed by atoms with E-state index < -0.39 is 0 Å². The zero-order valence-electron chi connectivity index (χ0n) is 14.4. The van der Waals surface area contributed by atoms with Gasteiger partial charge in [-0.1, -0.05) is 6.07 Å². The normalized spacial score (nSPS) is 12.8. The average Bonchev–Trinajstić information content (AvgIpc) is 3.10. The van der Waals surface area contributed by atoms with Gasteiger partial charge >= 0.3 is 5.63 Å². The maximum atomic E-state index is 12.1. The first kappa shape index (κ1) is 16.3. The molecule has 0 aliphatic heterocycles. The van der Waals surface area contributed by atoms with E-state index in [1.165, 1.54) is 0 Å². The van der Waals surface area contributed by atoms with Gasteiger partial charge in [0.2, 0.25) is 0 Å². The number of anilines is 1. The summed E-state index contributed by atoms with van der Waals surface area (Å²) in [6.45, 7) is 1.75. The minimum atomic E-state index is -0.299. The van der Waals surface area contributed by atoms with E-state index in [0.29, 0.717) is 17.2 Å². The summed E-state index contributed by atoms with van der Waals surface area (Å²) in [5, 5.41) is 3.49. The number of nitrogens with one attached hydrogen (secondary N) is 1. The lowest BCUT2D eigenvalue weighted by molar-refractivity contribution is -0.118. The van der Waals surface area contributed by atoms with Crippen molar-refractivity contribution in [2.75, 3.05) is 11.9 Å². The number of ether oxygens (including phenoxy) is 1. The molecule has 1 aliphatic carbocycles. The molecule has 26 heavy (non-hydrogen) atoms. The van der Waals surface area contributed by atoms with Gasteiger partial charge in [-0.05, 0) is 61.6 Å². The molecule has 2 heterocycles. The topological polar surface area (TPSA) is 81.4 Å². The predicted octanol–water partition coefficient (Wildman–Crippen LogP) is 3.00. The summed E-state index contributed by atoms with van der Waals surface area (Å²) < 4.78 is 11.3. The van der Waals surface area contributed by atoms with Gasteiger partial charge in [0.1, 0.15) is 17.2 Å². The molecule has 0 bridgehead atoms. The van der Waals surface area contributed by atoms with E-state index in [-0.39, 0.29) is 18.1 Å². The van der Waals surface area contributed by atoms with E-state index in [2.05, 4.69) is 10.3 Å². The molecule has 6 nitrogen and oxygen atoms in total. The Morgan fingerprint density at radius 2 is 2.12 bits per heavy atom. The van der Waals surface area contributed by atoms with Crippen LogP contribution < -0.4 is 15.7 Å². The van der Waals surface area contributed by atoms with E-state index in [4.69, 9.17) is 9.15 Å². The molecule has 1 amide bonds. The lowest BCUT2D eigenvalue weighted by Crippen LogP contribution is -2.21. The van der Waals surface area contributed by atoms with Crippen molar-refractivity contribution in [3.8, 4) is 5.75 Å². The third-order valence-corrected chi connectivity index (χ3v) is 4.47. The lowest BCUT2D eigenvalue weighted by Gasteiger charge is -2.13. The second kappa shape index (κ2) is 6.63. The molecule has 1 aromatic carbocycles. The van der Waals surface area contributed by atoms with Crippen molar-refractivity contribution < 1.29 is 13.9 Å². The first-order valence-electron chi connectivity index (χ1n) is 8.55. The van der Waals surface area contributed by atoms with E-state index in [1.807, 2.05) is 19.1 Å². The third-order valence-electron chi connectivity index (χ3n) is 4.47. The molecule has 6 heteroatoms. The summed E-state index contributed by atoms with van der Waals surface area (Å²) in [5.41, 5.74) is 2.85. The zero-order valence-corrected chi connectivity index (χ0v) is 14.4. The molecular formula is C20H18N2O4. The second-order valence-electron chi connectivity index (χ2n) is 6.39. The van der Waals surface area contributed by atoms with Crippen molar-refractivity contribution in [3.63, 3.8) is 0 Å². The molecular weight excluding hydrogens is 332 g/mol. The quantitative estimate of drug-likeness (QED) is 0.732. The number of carbonyl (C=O) groups is 1. The number of fused-ring (bicyclic) bond motifs is 3. The Morgan fingerprint density at radius 1 is 1.27 bits per heavy atom. The molecule has 0 saturated heterocycles. The summed E-state index contributed by atoms with van der Waals surface area (Å²) >= 11 is 0. The molecule has 0 fully saturated rings. The Balaban J connectivity index is 1.63. The first-order chi connectivity index (χ1) is 12.6. The van der Waals surface area contributed by atoms with Crippen LogP contribution in [0.4, 0.5) is 5.82 Å². The predicted molar refractivity (Wildman–Crippen MR) is 97.6 cm³/mol. The lowest BCUT2D eigenvalue weighted by atomic mass is 10.0. The average molecular weight is 350 g/mol. The van der Waals surface area contributed by atoms with Crippen LogP contribution in [0.1, 0.15) is 23.1 Å². The SMILES string of the molecule is Cc1cc(OCC(=O)Nc2ccccn2)c2c3c(c(=O)oc2c1)CCC3. The minimum Gasteiger partial charge on any atom is -0.483 e. The van der Waals surface area contributed by atoms with Gasteiger partial charge < -0.3 is 14.5 Å². The van der Waals surface area contributed by atoms with Gasteiger partial charge in [-0.3, -0.25) is 4.79 Å². The largest absolute Gasteiger partial charge is 0.483 e. The van der Waals surface area contributed by atoms with Crippen molar-refractivity contribution in [2.45, 2.75) is 26.2 Å². The molecule has 0 unspecified atom stereocenters. The highest BCUT2D eigenvalue weighted by atomic mass is 16.5. The summed E-state index contributed by atoms with van der Waals surface area (Å²) in [5.74, 6) is 0.743. The number of aromatic nitrogens is 1. The Bertz CT molecular complexity index is 1040. The van der Waals surface area contributed by atoms with Crippen LogP contribution in [-0.2, 0) is 17.6 Å². The van der Waals surface area contributed by atoms with E-state index in [0.717, 1.165) is 41.3 Å². The molecule has 1 N–H and O–H groups in total. The maximum Gasteiger partial charge on any atom is 0.339 e. The third kappa shape index (κ3) is 3.06. The molecule has 1 aliphatic rings. The highest BCUT2D eigenvalue weighted by Crippen LogP contribution is 2.35. The summed E-state index contributed by atoms with van der Waals surface area (Å²) in [7, 11) is 0. The fourth-order valence-corrected chi connectivity index (χ4v) is 3.38. The highest BCUT2D eigenvalue weighted by Gasteiger charge is 2.22. The summed E-state index contributed by atoms with van der Waals surface area (Å²) in [6, 6.07) is 8.98. The Kier molecular flexibility index (Phi) is 4.16. The van der Waals surface area contributed by atoms with Crippen LogP contribution in [0.2, 0.25) is 0 Å². The Labute approximate surface area is 149 Å². The Hall–Kier alpha value is -3.15. The molecule has 0 spiro atoms. The van der Waals surface area contributed by atoms with Gasteiger partial charge in [0.15, 0.2) is 6.61 Å². The molecule has 0 saturated carbocycles. The first-order valence-corrected chi connectivity index (χ1v) is 8.55. The van der Waals surface area contributed by atoms with Crippen LogP contribution in [0.5, 0.6) is 5.75 Å². The number of hydrogen-bond acceptors (Lipinski definition) is 5. The number of nitrogens with zero attached hydrogens (tertiary/aromatic N) is 1. The van der Waals surface area contributed by atoms with Crippen LogP contribution in [0.3, 0.4) is 0 Å². The van der Waals surface area contributed by atoms with Gasteiger partial charge in [-0.25, -0.2) is 9.78 Å². The fraction of sp³-hybridized carbons (Fsp3) is 0.250. The van der Waals surface area contributed by atoms with Crippen molar-refractivity contribution in [3.05, 3.63) is 63.6 Å². The van der Waals surface area contributed by atoms with E-state index in [1.54, 1.807) is 24.4 Å². The number of hydrogen-bond donors (Lipinski definition) is 1. The minimum absolute atomic E-state index is 0.150. The van der Waals surface area contributed by atoms with Crippen molar-refractivity contribution in [1.29, 1.82) is 0 Å². The highest BCUT2D eigenvalue weighted by molar-refractivity contribution is 5.92. The molecule has 132 valence electrons. The number of aryl methyl sites for hydroxylation is 2. The summed E-state index contributed by atoms with van der Waals surface area (Å²) in [4.78, 5) is 28.3. The van der Waals surface area contributed by atoms with Crippen LogP contribution in [0, 0.1) is 6.92 Å². The fourth-order valence-electron chi connectivity index (χ4n) is 3.38. The standard InChI is InChI=1S/C20H18N2O4/c1-12-9-15(25-11-18(23)22-17-7-2-3-8-21-17)19-13-5-4-6-14(13)20(24)26-16(19)10-12/h2-3,7-10H,4-6,11H2,1H3,(H,21,22,23). The van der Waals surface area contributed by atoms with Crippen LogP contribution in [0.15, 0.2) is 45.7 Å². The number of amides is 1. The van der Waals surface area contributed by atoms with E-state index in [9.17, 15) is 9.59 Å². The number of benzene rings is 1. The number of rotatable bonds is 4. The van der Waals surface area contributed by atoms with Gasteiger partial charge in [-0.15, -0.1) is 0 Å². The van der Waals surface area contributed by atoms with E-state index >= 15 is 0 Å². The summed E-state index contributed by atoms with van der Waals surface area (Å²) in [6.07, 6.45) is 4.07. The van der Waals surface area contributed by atoms with Crippen molar-refractivity contribution >= 4 is 22.7 Å². The monoisotopic (exact) mass is 350 g/mol. The molecule has 3 aromatic rings. The van der Waals surface area contributed by atoms with Gasteiger partial charge in [0.05, 0.1) is 5.39 Å². The van der Waals surface area contributed by atoms with Crippen LogP contribution in [-0.4, -0.2) is 17.5 Å². The number of carbonyl (C=O) groups excluding carboxylic acids is 1. The molecule has 4 rings (SSSR count). The Morgan fingerprint density at radius 3 is 2.92 bits per heavy atom. The molecule has 0 atom stereocenters. The van der Waals surface area contributed by atoms with Gasteiger partial charge in [-0.2, -0.15) is 0 Å². The van der Waals surface area contributed by atoms with Gasteiger partial charge in [0, 0.05) is 11.8 Å². The number of pyridine rings is 1. The van der Waals surface area contributed by atoms with Crippen LogP contribution in [0.25, 0.3) is 11.0 Å². The molecule has 0 radical (unpaired) electrons. The second-order valence-corrected chi connectivity index (χ2v) is 6.39. The maximum absolute atomic E-state index is 12.1. The van der Waals surface area contributed by atoms with Gasteiger partial charge in [0.25, 0.3) is 5.91 Å². The molecule has 2 aromatic heterocycles. The van der Waals surface area contributed by atoms with Crippen LogP contribution >= 0.6 is 0 Å².